The predicted molar refractivity (Wildman–Crippen MR) is 63.5 cm³/mol. The molecule has 1 rings (SSSR count). The summed E-state index contributed by atoms with van der Waals surface area (Å²) in [5.41, 5.74) is -1.11. The summed E-state index contributed by atoms with van der Waals surface area (Å²) in [6.45, 7) is 2.89. The molecule has 0 spiro atoms. The number of nitrogens with one attached hydrogen (secondary N) is 1. The Morgan fingerprint density at radius 2 is 1.89 bits per heavy atom. The Labute approximate surface area is 104 Å². The van der Waals surface area contributed by atoms with E-state index < -0.39 is 17.3 Å². The summed E-state index contributed by atoms with van der Waals surface area (Å²) in [5, 5.41) is 29.8. The molecule has 1 aromatic rings. The van der Waals surface area contributed by atoms with Crippen LogP contribution in [0, 0.1) is 5.41 Å². The minimum absolute atomic E-state index is 0.0195. The van der Waals surface area contributed by atoms with Gasteiger partial charge in [0.1, 0.15) is 11.5 Å². The molecule has 0 saturated carbocycles. The van der Waals surface area contributed by atoms with Crippen molar-refractivity contribution in [2.45, 2.75) is 13.8 Å². The molecule has 0 unspecified atom stereocenters. The fourth-order valence-corrected chi connectivity index (χ4v) is 1.18. The van der Waals surface area contributed by atoms with Crippen molar-refractivity contribution in [3.8, 4) is 11.5 Å². The lowest BCUT2D eigenvalue weighted by Gasteiger charge is -2.19. The summed E-state index contributed by atoms with van der Waals surface area (Å²) in [5.74, 6) is -2.14. The van der Waals surface area contributed by atoms with Crippen molar-refractivity contribution < 1.29 is 24.9 Å². The highest BCUT2D eigenvalue weighted by Crippen LogP contribution is 2.22. The van der Waals surface area contributed by atoms with Crippen LogP contribution in [-0.4, -0.2) is 33.7 Å². The van der Waals surface area contributed by atoms with Crippen molar-refractivity contribution in [2.24, 2.45) is 5.41 Å². The lowest BCUT2D eigenvalue weighted by molar-refractivity contribution is -0.146. The molecule has 0 aliphatic rings. The second-order valence-electron chi connectivity index (χ2n) is 4.57. The number of amides is 1. The van der Waals surface area contributed by atoms with Crippen LogP contribution in [0.3, 0.4) is 0 Å². The largest absolute Gasteiger partial charge is 0.508 e. The third kappa shape index (κ3) is 3.13. The van der Waals surface area contributed by atoms with Gasteiger partial charge in [-0.3, -0.25) is 9.59 Å². The maximum Gasteiger partial charge on any atom is 0.310 e. The number of carbonyl (C=O) groups excluding carboxylic acids is 1. The highest BCUT2D eigenvalue weighted by molar-refractivity contribution is 5.97. The molecule has 0 fully saturated rings. The van der Waals surface area contributed by atoms with Gasteiger partial charge in [-0.1, -0.05) is 0 Å². The van der Waals surface area contributed by atoms with Crippen molar-refractivity contribution in [1.29, 1.82) is 0 Å². The normalized spacial score (nSPS) is 11.0. The molecule has 0 radical (unpaired) electrons. The van der Waals surface area contributed by atoms with Gasteiger partial charge in [-0.2, -0.15) is 0 Å². The number of phenolic OH excluding ortho intramolecular Hbond substituents is 2. The Bertz CT molecular complexity index is 481. The van der Waals surface area contributed by atoms with Gasteiger partial charge in [0.05, 0.1) is 11.0 Å². The van der Waals surface area contributed by atoms with Gasteiger partial charge in [0.25, 0.3) is 5.91 Å². The van der Waals surface area contributed by atoms with Crippen molar-refractivity contribution in [3.63, 3.8) is 0 Å². The van der Waals surface area contributed by atoms with Crippen LogP contribution in [0.15, 0.2) is 18.2 Å². The number of rotatable bonds is 4. The highest BCUT2D eigenvalue weighted by Gasteiger charge is 2.28. The summed E-state index contributed by atoms with van der Waals surface area (Å²) >= 11 is 0. The fraction of sp³-hybridized carbons (Fsp3) is 0.333. The number of benzene rings is 1. The number of aromatic hydroxyl groups is 2. The van der Waals surface area contributed by atoms with Gasteiger partial charge in [0.2, 0.25) is 0 Å². The lowest BCUT2D eigenvalue weighted by Crippen LogP contribution is -2.38. The van der Waals surface area contributed by atoms with E-state index in [0.717, 1.165) is 6.07 Å². The lowest BCUT2D eigenvalue weighted by atomic mass is 9.94. The van der Waals surface area contributed by atoms with E-state index in [1.165, 1.54) is 26.0 Å². The van der Waals surface area contributed by atoms with Gasteiger partial charge in [-0.05, 0) is 26.0 Å². The van der Waals surface area contributed by atoms with Crippen LogP contribution in [0.5, 0.6) is 11.5 Å². The Balaban J connectivity index is 2.75. The molecule has 0 atom stereocenters. The van der Waals surface area contributed by atoms with Crippen molar-refractivity contribution in [1.82, 2.24) is 5.32 Å². The number of carbonyl (C=O) groups is 2. The maximum absolute atomic E-state index is 11.7. The van der Waals surface area contributed by atoms with Crippen LogP contribution in [0.1, 0.15) is 24.2 Å². The Kier molecular flexibility index (Phi) is 3.80. The smallest absolute Gasteiger partial charge is 0.310 e. The molecular weight excluding hydrogens is 238 g/mol. The summed E-state index contributed by atoms with van der Waals surface area (Å²) in [4.78, 5) is 22.5. The molecule has 0 saturated heterocycles. The minimum Gasteiger partial charge on any atom is -0.508 e. The van der Waals surface area contributed by atoms with Crippen LogP contribution in [-0.2, 0) is 4.79 Å². The summed E-state index contributed by atoms with van der Waals surface area (Å²) in [6, 6.07) is 3.56. The van der Waals surface area contributed by atoms with E-state index in [1.807, 2.05) is 0 Å². The molecule has 18 heavy (non-hydrogen) atoms. The fourth-order valence-electron chi connectivity index (χ4n) is 1.18. The number of aliphatic carboxylic acids is 1. The van der Waals surface area contributed by atoms with E-state index in [1.54, 1.807) is 0 Å². The first-order valence-electron chi connectivity index (χ1n) is 5.27. The van der Waals surface area contributed by atoms with Gasteiger partial charge in [-0.25, -0.2) is 0 Å². The monoisotopic (exact) mass is 253 g/mol. The molecule has 0 heterocycles. The first-order valence-corrected chi connectivity index (χ1v) is 5.27. The molecule has 4 N–H and O–H groups in total. The molecule has 1 amide bonds. The Morgan fingerprint density at radius 1 is 1.28 bits per heavy atom. The third-order valence-corrected chi connectivity index (χ3v) is 2.50. The topological polar surface area (TPSA) is 107 Å². The van der Waals surface area contributed by atoms with Gasteiger partial charge in [0.15, 0.2) is 0 Å². The van der Waals surface area contributed by atoms with E-state index in [4.69, 9.17) is 10.2 Å². The average Bonchev–Trinajstić information content (AvgIpc) is 2.25. The SMILES string of the molecule is CC(C)(CNC(=O)c1ccc(O)cc1O)C(=O)O. The van der Waals surface area contributed by atoms with Crippen LogP contribution < -0.4 is 5.32 Å². The van der Waals surface area contributed by atoms with E-state index in [2.05, 4.69) is 5.32 Å². The van der Waals surface area contributed by atoms with Crippen molar-refractivity contribution in [3.05, 3.63) is 23.8 Å². The third-order valence-electron chi connectivity index (χ3n) is 2.50. The number of hydrogen-bond donors (Lipinski definition) is 4. The van der Waals surface area contributed by atoms with Gasteiger partial charge < -0.3 is 20.6 Å². The zero-order valence-corrected chi connectivity index (χ0v) is 10.1. The van der Waals surface area contributed by atoms with Crippen molar-refractivity contribution in [2.75, 3.05) is 6.54 Å². The van der Waals surface area contributed by atoms with Crippen LogP contribution >= 0.6 is 0 Å². The zero-order valence-electron chi connectivity index (χ0n) is 10.1. The van der Waals surface area contributed by atoms with Crippen molar-refractivity contribution >= 4 is 11.9 Å². The second-order valence-corrected chi connectivity index (χ2v) is 4.57. The molecule has 0 aliphatic carbocycles. The molecule has 0 bridgehead atoms. The zero-order chi connectivity index (χ0) is 13.9. The molecule has 6 heteroatoms. The number of carboxylic acids is 1. The molecule has 98 valence electrons. The Morgan fingerprint density at radius 3 is 2.39 bits per heavy atom. The van der Waals surface area contributed by atoms with E-state index in [-0.39, 0.29) is 23.6 Å². The first-order chi connectivity index (χ1) is 8.24. The van der Waals surface area contributed by atoms with Crippen LogP contribution in [0.2, 0.25) is 0 Å². The minimum atomic E-state index is -1.10. The van der Waals surface area contributed by atoms with E-state index in [0.29, 0.717) is 0 Å². The van der Waals surface area contributed by atoms with Gasteiger partial charge >= 0.3 is 5.97 Å². The summed E-state index contributed by atoms with van der Waals surface area (Å²) < 4.78 is 0. The molecule has 6 nitrogen and oxygen atoms in total. The van der Waals surface area contributed by atoms with Crippen LogP contribution in [0.4, 0.5) is 0 Å². The molecule has 0 aliphatic heterocycles. The standard InChI is InChI=1S/C12H15NO5/c1-12(2,11(17)18)6-13-10(16)8-4-3-7(14)5-9(8)15/h3-5,14-15H,6H2,1-2H3,(H,13,16)(H,17,18). The predicted octanol–water partition coefficient (Wildman–Crippen LogP) is 0.938. The molecule has 1 aromatic carbocycles. The summed E-state index contributed by atoms with van der Waals surface area (Å²) in [6.07, 6.45) is 0. The highest BCUT2D eigenvalue weighted by atomic mass is 16.4. The number of carboxylic acid groups (broad SMARTS) is 1. The number of phenols is 2. The van der Waals surface area contributed by atoms with E-state index in [9.17, 15) is 14.7 Å². The molecule has 0 aromatic heterocycles. The second kappa shape index (κ2) is 4.95. The van der Waals surface area contributed by atoms with Gasteiger partial charge in [0, 0.05) is 12.6 Å². The van der Waals surface area contributed by atoms with Crippen LogP contribution in [0.25, 0.3) is 0 Å². The average molecular weight is 253 g/mol. The van der Waals surface area contributed by atoms with E-state index >= 15 is 0 Å². The maximum atomic E-state index is 11.7. The Hall–Kier alpha value is -2.24. The number of hydrogen-bond acceptors (Lipinski definition) is 4. The van der Waals surface area contributed by atoms with Gasteiger partial charge in [-0.15, -0.1) is 0 Å². The molecular formula is C12H15NO5. The summed E-state index contributed by atoms with van der Waals surface area (Å²) in [7, 11) is 0. The first kappa shape index (κ1) is 13.8. The quantitative estimate of drug-likeness (QED) is 0.638.